The van der Waals surface area contributed by atoms with Gasteiger partial charge in [0, 0.05) is 13.7 Å². The van der Waals surface area contributed by atoms with Crippen molar-refractivity contribution in [3.63, 3.8) is 0 Å². The van der Waals surface area contributed by atoms with Crippen LogP contribution >= 0.6 is 0 Å². The lowest BCUT2D eigenvalue weighted by Crippen LogP contribution is -2.40. The predicted octanol–water partition coefficient (Wildman–Crippen LogP) is 1.37. The summed E-state index contributed by atoms with van der Waals surface area (Å²) in [7, 11) is 1.42. The summed E-state index contributed by atoms with van der Waals surface area (Å²) in [6.07, 6.45) is 1.52. The minimum absolute atomic E-state index is 0.00810. The molecule has 0 fully saturated rings. The van der Waals surface area contributed by atoms with E-state index in [4.69, 9.17) is 14.9 Å². The lowest BCUT2D eigenvalue weighted by Gasteiger charge is -2.24. The normalized spacial score (nSPS) is 11.3. The van der Waals surface area contributed by atoms with Crippen LogP contribution < -0.4 is 0 Å². The Labute approximate surface area is 89.0 Å². The van der Waals surface area contributed by atoms with Crippen LogP contribution in [0.4, 0.5) is 0 Å². The zero-order chi connectivity index (χ0) is 11.9. The molecule has 0 rings (SSSR count). The third kappa shape index (κ3) is 3.51. The molecule has 0 amide bonds. The van der Waals surface area contributed by atoms with E-state index in [0.717, 1.165) is 6.42 Å². The minimum atomic E-state index is -1.69. The van der Waals surface area contributed by atoms with Crippen molar-refractivity contribution >= 4 is 11.9 Å². The molecule has 0 aliphatic heterocycles. The molecule has 0 aromatic heterocycles. The lowest BCUT2D eigenvalue weighted by molar-refractivity contribution is -0.166. The molecule has 0 spiro atoms. The fourth-order valence-corrected chi connectivity index (χ4v) is 1.40. The molecule has 88 valence electrons. The highest BCUT2D eigenvalue weighted by molar-refractivity contribution is 5.98. The second-order valence-electron chi connectivity index (χ2n) is 3.54. The van der Waals surface area contributed by atoms with Crippen LogP contribution in [0.15, 0.2) is 0 Å². The third-order valence-electron chi connectivity index (χ3n) is 2.51. The molecule has 0 aliphatic rings. The highest BCUT2D eigenvalue weighted by atomic mass is 16.5. The predicted molar refractivity (Wildman–Crippen MR) is 53.7 cm³/mol. The standard InChI is InChI=1S/C10H18O5/c1-3-4-5-10(8(11)12,9(13)14)6-7-15-2/h3-7H2,1-2H3,(H,11,12)(H,13,14). The Morgan fingerprint density at radius 3 is 2.07 bits per heavy atom. The number of aliphatic carboxylic acids is 2. The number of carbonyl (C=O) groups is 2. The Hall–Kier alpha value is -1.10. The van der Waals surface area contributed by atoms with Crippen molar-refractivity contribution < 1.29 is 24.5 Å². The third-order valence-corrected chi connectivity index (χ3v) is 2.51. The van der Waals surface area contributed by atoms with E-state index in [-0.39, 0.29) is 19.4 Å². The molecule has 0 saturated carbocycles. The zero-order valence-electron chi connectivity index (χ0n) is 9.15. The molecule has 2 N–H and O–H groups in total. The number of carboxylic acids is 2. The molecule has 5 heteroatoms. The maximum atomic E-state index is 11.0. The van der Waals surface area contributed by atoms with Crippen LogP contribution in [-0.4, -0.2) is 35.9 Å². The zero-order valence-corrected chi connectivity index (χ0v) is 9.15. The van der Waals surface area contributed by atoms with Gasteiger partial charge in [0.25, 0.3) is 0 Å². The van der Waals surface area contributed by atoms with Gasteiger partial charge in [-0.2, -0.15) is 0 Å². The second kappa shape index (κ2) is 6.40. The Morgan fingerprint density at radius 2 is 1.73 bits per heavy atom. The summed E-state index contributed by atoms with van der Waals surface area (Å²) in [5.74, 6) is -2.55. The van der Waals surface area contributed by atoms with Crippen molar-refractivity contribution in [2.45, 2.75) is 32.6 Å². The summed E-state index contributed by atoms with van der Waals surface area (Å²) >= 11 is 0. The molecule has 15 heavy (non-hydrogen) atoms. The number of rotatable bonds is 8. The Bertz CT molecular complexity index is 200. The van der Waals surface area contributed by atoms with E-state index in [1.807, 2.05) is 6.92 Å². The summed E-state index contributed by atoms with van der Waals surface area (Å²) in [5, 5.41) is 18.0. The van der Waals surface area contributed by atoms with Crippen molar-refractivity contribution in [2.24, 2.45) is 5.41 Å². The van der Waals surface area contributed by atoms with Crippen molar-refractivity contribution in [3.05, 3.63) is 0 Å². The van der Waals surface area contributed by atoms with Gasteiger partial charge in [0.2, 0.25) is 0 Å². The van der Waals surface area contributed by atoms with Crippen LogP contribution in [0.25, 0.3) is 0 Å². The number of ether oxygens (including phenoxy) is 1. The second-order valence-corrected chi connectivity index (χ2v) is 3.54. The maximum absolute atomic E-state index is 11.0. The fourth-order valence-electron chi connectivity index (χ4n) is 1.40. The average molecular weight is 218 g/mol. The van der Waals surface area contributed by atoms with Crippen LogP contribution in [0, 0.1) is 5.41 Å². The van der Waals surface area contributed by atoms with Gasteiger partial charge in [0.15, 0.2) is 5.41 Å². The van der Waals surface area contributed by atoms with Crippen LogP contribution in [0.1, 0.15) is 32.6 Å². The number of methoxy groups -OCH3 is 1. The van der Waals surface area contributed by atoms with E-state index in [1.165, 1.54) is 7.11 Å². The van der Waals surface area contributed by atoms with Crippen molar-refractivity contribution in [1.29, 1.82) is 0 Å². The Balaban J connectivity index is 4.73. The molecule has 5 nitrogen and oxygen atoms in total. The van der Waals surface area contributed by atoms with Crippen molar-refractivity contribution in [3.8, 4) is 0 Å². The fraction of sp³-hybridized carbons (Fsp3) is 0.800. The molecule has 0 radical (unpaired) electrons. The number of hydrogen-bond acceptors (Lipinski definition) is 3. The van der Waals surface area contributed by atoms with Gasteiger partial charge in [-0.15, -0.1) is 0 Å². The molecule has 0 bridgehead atoms. The first-order chi connectivity index (χ1) is 7.01. The van der Waals surface area contributed by atoms with E-state index >= 15 is 0 Å². The lowest BCUT2D eigenvalue weighted by atomic mass is 9.80. The maximum Gasteiger partial charge on any atom is 0.321 e. The quantitative estimate of drug-likeness (QED) is 0.601. The summed E-state index contributed by atoms with van der Waals surface area (Å²) in [6, 6.07) is 0. The van der Waals surface area contributed by atoms with Gasteiger partial charge in [-0.25, -0.2) is 0 Å². The highest BCUT2D eigenvalue weighted by Gasteiger charge is 2.45. The molecule has 0 aliphatic carbocycles. The SMILES string of the molecule is CCCCC(CCOC)(C(=O)O)C(=O)O. The van der Waals surface area contributed by atoms with Gasteiger partial charge in [-0.1, -0.05) is 19.8 Å². The summed E-state index contributed by atoms with van der Waals surface area (Å²) < 4.78 is 4.75. The van der Waals surface area contributed by atoms with Gasteiger partial charge in [0.05, 0.1) is 0 Å². The number of hydrogen-bond donors (Lipinski definition) is 2. The van der Waals surface area contributed by atoms with Crippen molar-refractivity contribution in [2.75, 3.05) is 13.7 Å². The number of unbranched alkanes of at least 4 members (excludes halogenated alkanes) is 1. The minimum Gasteiger partial charge on any atom is -0.480 e. The van der Waals surface area contributed by atoms with Crippen molar-refractivity contribution in [1.82, 2.24) is 0 Å². The molecule has 0 atom stereocenters. The first-order valence-corrected chi connectivity index (χ1v) is 4.97. The molecule has 0 aromatic carbocycles. The van der Waals surface area contributed by atoms with Crippen LogP contribution in [-0.2, 0) is 14.3 Å². The summed E-state index contributed by atoms with van der Waals surface area (Å²) in [4.78, 5) is 22.1. The van der Waals surface area contributed by atoms with E-state index < -0.39 is 17.4 Å². The molecular weight excluding hydrogens is 200 g/mol. The van der Waals surface area contributed by atoms with Gasteiger partial charge in [-0.05, 0) is 12.8 Å². The smallest absolute Gasteiger partial charge is 0.321 e. The van der Waals surface area contributed by atoms with E-state index in [9.17, 15) is 9.59 Å². The molecule has 0 saturated heterocycles. The first-order valence-electron chi connectivity index (χ1n) is 4.97. The first kappa shape index (κ1) is 13.9. The highest BCUT2D eigenvalue weighted by Crippen LogP contribution is 2.30. The van der Waals surface area contributed by atoms with Gasteiger partial charge < -0.3 is 14.9 Å². The van der Waals surface area contributed by atoms with Gasteiger partial charge in [0.1, 0.15) is 0 Å². The largest absolute Gasteiger partial charge is 0.480 e. The summed E-state index contributed by atoms with van der Waals surface area (Å²) in [6.45, 7) is 2.03. The van der Waals surface area contributed by atoms with Crippen LogP contribution in [0.2, 0.25) is 0 Å². The average Bonchev–Trinajstić information content (AvgIpc) is 2.17. The summed E-state index contributed by atoms with van der Waals surface area (Å²) in [5.41, 5.74) is -1.69. The van der Waals surface area contributed by atoms with E-state index in [0.29, 0.717) is 6.42 Å². The Morgan fingerprint density at radius 1 is 1.20 bits per heavy atom. The van der Waals surface area contributed by atoms with Crippen LogP contribution in [0.5, 0.6) is 0 Å². The number of carboxylic acid groups (broad SMARTS) is 2. The van der Waals surface area contributed by atoms with Crippen LogP contribution in [0.3, 0.4) is 0 Å². The van der Waals surface area contributed by atoms with Gasteiger partial charge >= 0.3 is 11.9 Å². The monoisotopic (exact) mass is 218 g/mol. The Kier molecular flexibility index (Phi) is 5.93. The molecule has 0 unspecified atom stereocenters. The van der Waals surface area contributed by atoms with E-state index in [2.05, 4.69) is 0 Å². The molecule has 0 aromatic rings. The topological polar surface area (TPSA) is 83.8 Å². The van der Waals surface area contributed by atoms with E-state index in [1.54, 1.807) is 0 Å². The van der Waals surface area contributed by atoms with Gasteiger partial charge in [-0.3, -0.25) is 9.59 Å². The molecule has 0 heterocycles. The molecular formula is C10H18O5.